The molecule has 0 radical (unpaired) electrons. The van der Waals surface area contributed by atoms with Crippen molar-refractivity contribution in [3.05, 3.63) is 0 Å². The smallest absolute Gasteiger partial charge is 0.0934 e. The summed E-state index contributed by atoms with van der Waals surface area (Å²) in [6.07, 6.45) is 0. The molecule has 4 nitrogen and oxygen atoms in total. The third-order valence-corrected chi connectivity index (χ3v) is 2.16. The lowest BCUT2D eigenvalue weighted by Crippen LogP contribution is -2.50. The predicted octanol–water partition coefficient (Wildman–Crippen LogP) is 0.0295. The maximum Gasteiger partial charge on any atom is 0.0934 e. The summed E-state index contributed by atoms with van der Waals surface area (Å²) in [5, 5.41) is 13.6. The van der Waals surface area contributed by atoms with Crippen LogP contribution in [0.25, 0.3) is 0 Å². The van der Waals surface area contributed by atoms with E-state index in [4.69, 9.17) is 0 Å². The normalized spacial score (nSPS) is 38.3. The van der Waals surface area contributed by atoms with Gasteiger partial charge in [-0.05, 0) is 6.92 Å². The average molecular weight is 140 g/mol. The zero-order valence-corrected chi connectivity index (χ0v) is 6.12. The minimum absolute atomic E-state index is 0.382. The van der Waals surface area contributed by atoms with Gasteiger partial charge in [0.05, 0.1) is 18.6 Å². The molecule has 2 aliphatic rings. The van der Waals surface area contributed by atoms with Crippen LogP contribution in [0, 0.1) is 0 Å². The Morgan fingerprint density at radius 3 is 3.30 bits per heavy atom. The molecule has 1 saturated heterocycles. The van der Waals surface area contributed by atoms with Crippen molar-refractivity contribution in [2.75, 3.05) is 19.6 Å². The van der Waals surface area contributed by atoms with Gasteiger partial charge in [-0.1, -0.05) is 5.22 Å². The van der Waals surface area contributed by atoms with Crippen LogP contribution in [0.5, 0.6) is 0 Å². The van der Waals surface area contributed by atoms with E-state index in [1.54, 1.807) is 0 Å². The van der Waals surface area contributed by atoms with Crippen LogP contribution in [-0.2, 0) is 0 Å². The molecule has 2 rings (SSSR count). The van der Waals surface area contributed by atoms with E-state index in [0.717, 1.165) is 19.6 Å². The summed E-state index contributed by atoms with van der Waals surface area (Å²) in [4.78, 5) is 0. The van der Waals surface area contributed by atoms with Crippen LogP contribution in [0.3, 0.4) is 0 Å². The van der Waals surface area contributed by atoms with Crippen molar-refractivity contribution in [1.82, 2.24) is 10.3 Å². The summed E-state index contributed by atoms with van der Waals surface area (Å²) in [5.74, 6) is 0. The van der Waals surface area contributed by atoms with Gasteiger partial charge in [-0.25, -0.2) is 0 Å². The standard InChI is InChI=1S/C6H12N4/c1-5-6-4-7-2-3-10(6)9-8-5/h5-7H,2-4H2,1H3. The molecule has 2 unspecified atom stereocenters. The number of piperazine rings is 1. The summed E-state index contributed by atoms with van der Waals surface area (Å²) in [6.45, 7) is 5.20. The third kappa shape index (κ3) is 0.794. The van der Waals surface area contributed by atoms with Gasteiger partial charge in [0.1, 0.15) is 0 Å². The van der Waals surface area contributed by atoms with Gasteiger partial charge in [0.15, 0.2) is 0 Å². The maximum absolute atomic E-state index is 4.09. The zero-order chi connectivity index (χ0) is 6.97. The lowest BCUT2D eigenvalue weighted by molar-refractivity contribution is 0.184. The largest absolute Gasteiger partial charge is 0.313 e. The molecule has 0 saturated carbocycles. The first-order valence-corrected chi connectivity index (χ1v) is 3.76. The maximum atomic E-state index is 4.09. The molecule has 10 heavy (non-hydrogen) atoms. The Morgan fingerprint density at radius 1 is 1.60 bits per heavy atom. The van der Waals surface area contributed by atoms with Crippen molar-refractivity contribution in [2.24, 2.45) is 10.3 Å². The Bertz CT molecular complexity index is 156. The second-order valence-corrected chi connectivity index (χ2v) is 2.88. The van der Waals surface area contributed by atoms with Crippen molar-refractivity contribution in [2.45, 2.75) is 19.0 Å². The molecule has 0 amide bonds. The Kier molecular flexibility index (Phi) is 1.34. The quantitative estimate of drug-likeness (QED) is 0.515. The molecule has 2 aliphatic heterocycles. The molecule has 2 heterocycles. The van der Waals surface area contributed by atoms with Gasteiger partial charge in [0.25, 0.3) is 0 Å². The van der Waals surface area contributed by atoms with E-state index in [2.05, 4.69) is 27.6 Å². The second kappa shape index (κ2) is 2.20. The van der Waals surface area contributed by atoms with Crippen LogP contribution in [-0.4, -0.2) is 36.7 Å². The molecular weight excluding hydrogens is 128 g/mol. The van der Waals surface area contributed by atoms with Crippen LogP contribution in [0.4, 0.5) is 0 Å². The third-order valence-electron chi connectivity index (χ3n) is 2.16. The number of hydrogen-bond donors (Lipinski definition) is 1. The number of nitrogens with zero attached hydrogens (tertiary/aromatic N) is 3. The highest BCUT2D eigenvalue weighted by molar-refractivity contribution is 4.87. The highest BCUT2D eigenvalue weighted by Gasteiger charge is 2.30. The Labute approximate surface area is 60.3 Å². The molecule has 56 valence electrons. The monoisotopic (exact) mass is 140 g/mol. The first-order chi connectivity index (χ1) is 4.88. The van der Waals surface area contributed by atoms with Crippen molar-refractivity contribution < 1.29 is 0 Å². The van der Waals surface area contributed by atoms with Gasteiger partial charge in [-0.2, -0.15) is 5.11 Å². The SMILES string of the molecule is CC1N=NN2CCNCC12. The van der Waals surface area contributed by atoms with Gasteiger partial charge in [-0.3, -0.25) is 5.01 Å². The topological polar surface area (TPSA) is 40.0 Å². The fraction of sp³-hybridized carbons (Fsp3) is 1.00. The van der Waals surface area contributed by atoms with Crippen LogP contribution >= 0.6 is 0 Å². The van der Waals surface area contributed by atoms with Crippen molar-refractivity contribution in [3.63, 3.8) is 0 Å². The van der Waals surface area contributed by atoms with E-state index in [9.17, 15) is 0 Å². The van der Waals surface area contributed by atoms with Gasteiger partial charge < -0.3 is 5.32 Å². The Balaban J connectivity index is 2.07. The summed E-state index contributed by atoms with van der Waals surface area (Å²) >= 11 is 0. The van der Waals surface area contributed by atoms with Gasteiger partial charge in [-0.15, -0.1) is 0 Å². The second-order valence-electron chi connectivity index (χ2n) is 2.88. The van der Waals surface area contributed by atoms with E-state index in [1.807, 2.05) is 0 Å². The molecular formula is C6H12N4. The summed E-state index contributed by atoms with van der Waals surface area (Å²) in [5.41, 5.74) is 0. The first kappa shape index (κ1) is 6.09. The molecule has 0 aliphatic carbocycles. The Morgan fingerprint density at radius 2 is 2.50 bits per heavy atom. The minimum Gasteiger partial charge on any atom is -0.313 e. The molecule has 0 aromatic heterocycles. The van der Waals surface area contributed by atoms with Crippen LogP contribution in [0.15, 0.2) is 10.3 Å². The molecule has 0 aromatic carbocycles. The van der Waals surface area contributed by atoms with Crippen LogP contribution < -0.4 is 5.32 Å². The van der Waals surface area contributed by atoms with Gasteiger partial charge in [0, 0.05) is 13.1 Å². The minimum atomic E-state index is 0.382. The van der Waals surface area contributed by atoms with Crippen LogP contribution in [0.1, 0.15) is 6.92 Å². The molecule has 0 spiro atoms. The van der Waals surface area contributed by atoms with E-state index in [-0.39, 0.29) is 0 Å². The Hall–Kier alpha value is -0.640. The van der Waals surface area contributed by atoms with E-state index >= 15 is 0 Å². The predicted molar refractivity (Wildman–Crippen MR) is 37.7 cm³/mol. The summed E-state index contributed by atoms with van der Waals surface area (Å²) < 4.78 is 0. The first-order valence-electron chi connectivity index (χ1n) is 3.76. The highest BCUT2D eigenvalue weighted by Crippen LogP contribution is 2.17. The molecule has 1 fully saturated rings. The van der Waals surface area contributed by atoms with Crippen molar-refractivity contribution >= 4 is 0 Å². The van der Waals surface area contributed by atoms with Gasteiger partial charge in [0.2, 0.25) is 0 Å². The fourth-order valence-corrected chi connectivity index (χ4v) is 1.47. The summed E-state index contributed by atoms with van der Waals surface area (Å²) in [6, 6.07) is 0.904. The number of rotatable bonds is 0. The molecule has 2 atom stereocenters. The zero-order valence-electron chi connectivity index (χ0n) is 6.12. The molecule has 1 N–H and O–H groups in total. The lowest BCUT2D eigenvalue weighted by Gasteiger charge is -2.29. The van der Waals surface area contributed by atoms with E-state index in [0.29, 0.717) is 12.1 Å². The fourth-order valence-electron chi connectivity index (χ4n) is 1.47. The molecule has 0 bridgehead atoms. The molecule has 0 aromatic rings. The lowest BCUT2D eigenvalue weighted by atomic mass is 10.1. The summed E-state index contributed by atoms with van der Waals surface area (Å²) in [7, 11) is 0. The van der Waals surface area contributed by atoms with E-state index in [1.165, 1.54) is 0 Å². The van der Waals surface area contributed by atoms with Gasteiger partial charge >= 0.3 is 0 Å². The highest BCUT2D eigenvalue weighted by atomic mass is 15.6. The average Bonchev–Trinajstić information content (AvgIpc) is 2.34. The number of fused-ring (bicyclic) bond motifs is 1. The van der Waals surface area contributed by atoms with Crippen LogP contribution in [0.2, 0.25) is 0 Å². The van der Waals surface area contributed by atoms with Crippen molar-refractivity contribution in [1.29, 1.82) is 0 Å². The van der Waals surface area contributed by atoms with E-state index < -0.39 is 0 Å². The number of nitrogens with one attached hydrogen (secondary N) is 1. The molecule has 4 heteroatoms. The number of hydrogen-bond acceptors (Lipinski definition) is 4. The van der Waals surface area contributed by atoms with Crippen molar-refractivity contribution in [3.8, 4) is 0 Å².